The highest BCUT2D eigenvalue weighted by atomic mass is 79.9. The molecule has 100 valence electrons. The normalized spacial score (nSPS) is 20.2. The molecule has 17 heavy (non-hydrogen) atoms. The molecule has 1 unspecified atom stereocenters. The summed E-state index contributed by atoms with van der Waals surface area (Å²) >= 11 is 3.57. The molecule has 1 atom stereocenters. The number of rotatable bonds is 7. The van der Waals surface area contributed by atoms with Gasteiger partial charge >= 0.3 is 0 Å². The van der Waals surface area contributed by atoms with E-state index in [1.807, 2.05) is 0 Å². The summed E-state index contributed by atoms with van der Waals surface area (Å²) in [7, 11) is 0. The zero-order chi connectivity index (χ0) is 12.7. The van der Waals surface area contributed by atoms with Crippen LogP contribution in [0.25, 0.3) is 0 Å². The highest BCUT2D eigenvalue weighted by molar-refractivity contribution is 9.09. The summed E-state index contributed by atoms with van der Waals surface area (Å²) in [4.78, 5) is 12.3. The average molecular weight is 304 g/mol. The van der Waals surface area contributed by atoms with Gasteiger partial charge in [0.05, 0.1) is 0 Å². The van der Waals surface area contributed by atoms with E-state index in [1.54, 1.807) is 0 Å². The molecular weight excluding hydrogens is 278 g/mol. The number of halogens is 1. The van der Waals surface area contributed by atoms with E-state index in [2.05, 4.69) is 35.1 Å². The topological polar surface area (TPSA) is 29.1 Å². The van der Waals surface area contributed by atoms with E-state index in [-0.39, 0.29) is 17.4 Å². The number of carbonyl (C=O) groups excluding carboxylic acids is 1. The van der Waals surface area contributed by atoms with Gasteiger partial charge in [-0.15, -0.1) is 0 Å². The smallest absolute Gasteiger partial charge is 0.223 e. The third-order valence-corrected chi connectivity index (χ3v) is 5.05. The molecule has 0 heterocycles. The zero-order valence-electron chi connectivity index (χ0n) is 11.2. The number of nitrogens with one attached hydrogen (secondary N) is 1. The summed E-state index contributed by atoms with van der Waals surface area (Å²) in [5.41, 5.74) is 0.0523. The van der Waals surface area contributed by atoms with Gasteiger partial charge in [0.2, 0.25) is 5.91 Å². The van der Waals surface area contributed by atoms with Crippen LogP contribution in [0, 0.1) is 5.92 Å². The van der Waals surface area contributed by atoms with E-state index in [4.69, 9.17) is 0 Å². The second-order valence-electron chi connectivity index (χ2n) is 5.36. The fourth-order valence-electron chi connectivity index (χ4n) is 2.68. The van der Waals surface area contributed by atoms with Crippen molar-refractivity contribution in [2.24, 2.45) is 5.92 Å². The van der Waals surface area contributed by atoms with Crippen molar-refractivity contribution in [2.75, 3.05) is 5.33 Å². The molecule has 0 saturated heterocycles. The third-order valence-electron chi connectivity index (χ3n) is 3.97. The second kappa shape index (κ2) is 7.40. The Hall–Kier alpha value is -0.0500. The van der Waals surface area contributed by atoms with Crippen molar-refractivity contribution in [3.8, 4) is 0 Å². The van der Waals surface area contributed by atoms with Gasteiger partial charge in [-0.05, 0) is 25.7 Å². The SMILES string of the molecule is CCCCC(CC)C(=O)NC1(CBr)CCCC1. The van der Waals surface area contributed by atoms with Crippen LogP contribution in [0.4, 0.5) is 0 Å². The van der Waals surface area contributed by atoms with Crippen LogP contribution in [0.2, 0.25) is 0 Å². The van der Waals surface area contributed by atoms with Crippen LogP contribution in [0.5, 0.6) is 0 Å². The van der Waals surface area contributed by atoms with Gasteiger partial charge in [-0.2, -0.15) is 0 Å². The van der Waals surface area contributed by atoms with Crippen LogP contribution in [-0.2, 0) is 4.79 Å². The molecule has 1 aliphatic carbocycles. The Labute approximate surface area is 114 Å². The summed E-state index contributed by atoms with van der Waals surface area (Å²) in [5, 5.41) is 4.21. The van der Waals surface area contributed by atoms with E-state index < -0.39 is 0 Å². The molecule has 3 heteroatoms. The zero-order valence-corrected chi connectivity index (χ0v) is 12.8. The Bertz CT molecular complexity index is 236. The molecule has 0 aromatic carbocycles. The van der Waals surface area contributed by atoms with Crippen molar-refractivity contribution in [3.05, 3.63) is 0 Å². The van der Waals surface area contributed by atoms with E-state index in [9.17, 15) is 4.79 Å². The molecule has 0 aliphatic heterocycles. The molecule has 1 N–H and O–H groups in total. The maximum absolute atomic E-state index is 12.3. The first-order chi connectivity index (χ1) is 8.17. The average Bonchev–Trinajstić information content (AvgIpc) is 2.79. The van der Waals surface area contributed by atoms with Gasteiger partial charge in [0.15, 0.2) is 0 Å². The number of alkyl halides is 1. The monoisotopic (exact) mass is 303 g/mol. The van der Waals surface area contributed by atoms with E-state index in [0.29, 0.717) is 0 Å². The van der Waals surface area contributed by atoms with Gasteiger partial charge in [-0.25, -0.2) is 0 Å². The van der Waals surface area contributed by atoms with Crippen LogP contribution in [0.3, 0.4) is 0 Å². The highest BCUT2D eigenvalue weighted by Crippen LogP contribution is 2.31. The Kier molecular flexibility index (Phi) is 6.53. The molecule has 0 bridgehead atoms. The molecule has 0 spiro atoms. The van der Waals surface area contributed by atoms with Gasteiger partial charge in [0.25, 0.3) is 0 Å². The molecule has 1 amide bonds. The first kappa shape index (κ1) is 15.0. The minimum absolute atomic E-state index is 0.0523. The Morgan fingerprint density at radius 2 is 2.00 bits per heavy atom. The second-order valence-corrected chi connectivity index (χ2v) is 5.92. The summed E-state index contributed by atoms with van der Waals surface area (Å²) in [6.45, 7) is 4.30. The largest absolute Gasteiger partial charge is 0.350 e. The third kappa shape index (κ3) is 4.27. The van der Waals surface area contributed by atoms with E-state index in [0.717, 1.165) is 37.4 Å². The number of amides is 1. The molecule has 2 nitrogen and oxygen atoms in total. The molecule has 0 radical (unpaired) electrons. The van der Waals surface area contributed by atoms with E-state index in [1.165, 1.54) is 19.3 Å². The quantitative estimate of drug-likeness (QED) is 0.707. The number of carbonyl (C=O) groups is 1. The standard InChI is InChI=1S/C14H26BrNO/c1-3-5-8-12(4-2)13(17)16-14(11-15)9-6-7-10-14/h12H,3-11H2,1-2H3,(H,16,17). The van der Waals surface area contributed by atoms with Crippen LogP contribution >= 0.6 is 15.9 Å². The first-order valence-electron chi connectivity index (χ1n) is 7.05. The van der Waals surface area contributed by atoms with Gasteiger partial charge in [-0.3, -0.25) is 4.79 Å². The van der Waals surface area contributed by atoms with Crippen molar-refractivity contribution in [1.29, 1.82) is 0 Å². The summed E-state index contributed by atoms with van der Waals surface area (Å²) < 4.78 is 0. The van der Waals surface area contributed by atoms with Crippen molar-refractivity contribution >= 4 is 21.8 Å². The summed E-state index contributed by atoms with van der Waals surface area (Å²) in [6.07, 6.45) is 9.10. The summed E-state index contributed by atoms with van der Waals surface area (Å²) in [5.74, 6) is 0.494. The predicted molar refractivity (Wildman–Crippen MR) is 76.4 cm³/mol. The molecule has 1 aliphatic rings. The number of unbranched alkanes of at least 4 members (excludes halogenated alkanes) is 1. The molecule has 1 saturated carbocycles. The first-order valence-corrected chi connectivity index (χ1v) is 8.17. The van der Waals surface area contributed by atoms with Crippen molar-refractivity contribution < 1.29 is 4.79 Å². The molecule has 0 aromatic rings. The fraction of sp³-hybridized carbons (Fsp3) is 0.929. The van der Waals surface area contributed by atoms with Gasteiger partial charge < -0.3 is 5.32 Å². The van der Waals surface area contributed by atoms with Crippen molar-refractivity contribution in [3.63, 3.8) is 0 Å². The molecule has 0 aromatic heterocycles. The minimum Gasteiger partial charge on any atom is -0.350 e. The Morgan fingerprint density at radius 1 is 1.35 bits per heavy atom. The maximum atomic E-state index is 12.3. The molecular formula is C14H26BrNO. The van der Waals surface area contributed by atoms with Crippen LogP contribution in [0.15, 0.2) is 0 Å². The van der Waals surface area contributed by atoms with E-state index >= 15 is 0 Å². The lowest BCUT2D eigenvalue weighted by molar-refractivity contribution is -0.127. The van der Waals surface area contributed by atoms with Gasteiger partial charge in [0.1, 0.15) is 0 Å². The van der Waals surface area contributed by atoms with Crippen LogP contribution < -0.4 is 5.32 Å². The number of hydrogen-bond donors (Lipinski definition) is 1. The molecule has 1 fully saturated rings. The Balaban J connectivity index is 2.50. The van der Waals surface area contributed by atoms with Crippen LogP contribution in [0.1, 0.15) is 65.2 Å². The highest BCUT2D eigenvalue weighted by Gasteiger charge is 2.35. The lowest BCUT2D eigenvalue weighted by atomic mass is 9.94. The lowest BCUT2D eigenvalue weighted by Gasteiger charge is -2.30. The van der Waals surface area contributed by atoms with Gasteiger partial charge in [-0.1, -0.05) is 55.5 Å². The lowest BCUT2D eigenvalue weighted by Crippen LogP contribution is -2.49. The summed E-state index contributed by atoms with van der Waals surface area (Å²) in [6, 6.07) is 0. The molecule has 1 rings (SSSR count). The fourth-order valence-corrected chi connectivity index (χ4v) is 3.38. The van der Waals surface area contributed by atoms with Crippen molar-refractivity contribution in [1.82, 2.24) is 5.32 Å². The van der Waals surface area contributed by atoms with Crippen molar-refractivity contribution in [2.45, 2.75) is 70.8 Å². The maximum Gasteiger partial charge on any atom is 0.223 e. The minimum atomic E-state index is 0.0523. The Morgan fingerprint density at radius 3 is 2.47 bits per heavy atom. The van der Waals surface area contributed by atoms with Crippen LogP contribution in [-0.4, -0.2) is 16.8 Å². The predicted octanol–water partition coefficient (Wildman–Crippen LogP) is 4.03. The number of hydrogen-bond acceptors (Lipinski definition) is 1. The van der Waals surface area contributed by atoms with Gasteiger partial charge in [0, 0.05) is 16.8 Å².